The first-order chi connectivity index (χ1) is 9.83. The zero-order valence-electron chi connectivity index (χ0n) is 12.3. The molecule has 0 radical (unpaired) electrons. The van der Waals surface area contributed by atoms with E-state index in [-0.39, 0.29) is 0 Å². The predicted molar refractivity (Wildman–Crippen MR) is 88.6 cm³/mol. The van der Waals surface area contributed by atoms with Gasteiger partial charge in [0.2, 0.25) is 0 Å². The second kappa shape index (κ2) is 6.67. The first-order valence-corrected chi connectivity index (χ1v) is 9.75. The quantitative estimate of drug-likeness (QED) is 0.929. The summed E-state index contributed by atoms with van der Waals surface area (Å²) < 4.78 is 0. The molecular formula is C15H23N3S2. The minimum atomic E-state index is 0.490. The van der Waals surface area contributed by atoms with Gasteiger partial charge >= 0.3 is 0 Å². The maximum absolute atomic E-state index is 4.96. The fraction of sp³-hybridized carbons (Fsp3) is 0.733. The van der Waals surface area contributed by atoms with Gasteiger partial charge in [-0.25, -0.2) is 9.97 Å². The third-order valence-electron chi connectivity index (χ3n) is 4.08. The van der Waals surface area contributed by atoms with E-state index in [4.69, 9.17) is 9.97 Å². The van der Waals surface area contributed by atoms with E-state index in [0.717, 1.165) is 31.8 Å². The van der Waals surface area contributed by atoms with Crippen LogP contribution in [0.15, 0.2) is 0 Å². The van der Waals surface area contributed by atoms with Crippen molar-refractivity contribution in [1.29, 1.82) is 0 Å². The van der Waals surface area contributed by atoms with Crippen LogP contribution in [0.2, 0.25) is 0 Å². The van der Waals surface area contributed by atoms with Crippen molar-refractivity contribution in [2.24, 2.45) is 0 Å². The average molecular weight is 310 g/mol. The molecule has 3 nitrogen and oxygen atoms in total. The normalized spacial score (nSPS) is 26.3. The molecule has 3 heterocycles. The molecule has 2 aliphatic heterocycles. The van der Waals surface area contributed by atoms with Crippen molar-refractivity contribution in [3.05, 3.63) is 22.8 Å². The molecule has 0 saturated carbocycles. The molecule has 1 N–H and O–H groups in total. The van der Waals surface area contributed by atoms with Crippen LogP contribution >= 0.6 is 23.5 Å². The highest BCUT2D eigenvalue weighted by Crippen LogP contribution is 2.43. The lowest BCUT2D eigenvalue weighted by molar-refractivity contribution is 0.605. The molecule has 2 unspecified atom stereocenters. The van der Waals surface area contributed by atoms with Gasteiger partial charge in [0.25, 0.3) is 0 Å². The number of aryl methyl sites for hydroxylation is 1. The zero-order chi connectivity index (χ0) is 13.9. The summed E-state index contributed by atoms with van der Waals surface area (Å²) in [6.45, 7) is 6.50. The van der Waals surface area contributed by atoms with E-state index in [0.29, 0.717) is 10.5 Å². The van der Waals surface area contributed by atoms with Crippen molar-refractivity contribution in [3.63, 3.8) is 0 Å². The summed E-state index contributed by atoms with van der Waals surface area (Å²) in [5.41, 5.74) is 3.93. The highest BCUT2D eigenvalue weighted by Gasteiger charge is 2.30. The van der Waals surface area contributed by atoms with Crippen LogP contribution in [0.4, 0.5) is 0 Å². The Hall–Kier alpha value is -0.260. The van der Waals surface area contributed by atoms with Crippen LogP contribution in [-0.4, -0.2) is 33.3 Å². The van der Waals surface area contributed by atoms with E-state index < -0.39 is 0 Å². The fourth-order valence-corrected chi connectivity index (χ4v) is 5.99. The smallest absolute Gasteiger partial charge is 0.142 e. The number of aromatic nitrogens is 2. The molecule has 2 aliphatic rings. The third-order valence-corrected chi connectivity index (χ3v) is 7.32. The van der Waals surface area contributed by atoms with Gasteiger partial charge in [-0.15, -0.1) is 11.8 Å². The summed E-state index contributed by atoms with van der Waals surface area (Å²) in [6, 6.07) is 0. The predicted octanol–water partition coefficient (Wildman–Crippen LogP) is 2.98. The largest absolute Gasteiger partial charge is 0.312 e. The SMILES string of the molecule is CCc1nc(C2SCCSC2CC)nc2c1CNCC2. The molecular weight excluding hydrogens is 286 g/mol. The molecule has 1 aromatic heterocycles. The second-order valence-electron chi connectivity index (χ2n) is 5.34. The topological polar surface area (TPSA) is 37.8 Å². The van der Waals surface area contributed by atoms with Crippen LogP contribution in [0.25, 0.3) is 0 Å². The molecule has 0 amide bonds. The number of hydrogen-bond donors (Lipinski definition) is 1. The summed E-state index contributed by atoms with van der Waals surface area (Å²) in [6.07, 6.45) is 3.28. The molecule has 1 aromatic rings. The number of hydrogen-bond acceptors (Lipinski definition) is 5. The van der Waals surface area contributed by atoms with Crippen molar-refractivity contribution in [2.75, 3.05) is 18.1 Å². The average Bonchev–Trinajstić information content (AvgIpc) is 2.53. The van der Waals surface area contributed by atoms with Crippen LogP contribution < -0.4 is 5.32 Å². The lowest BCUT2D eigenvalue weighted by Gasteiger charge is -2.30. The highest BCUT2D eigenvalue weighted by atomic mass is 32.2. The summed E-state index contributed by atoms with van der Waals surface area (Å²) in [4.78, 5) is 9.90. The monoisotopic (exact) mass is 309 g/mol. The Morgan fingerprint density at radius 2 is 2.05 bits per heavy atom. The zero-order valence-corrected chi connectivity index (χ0v) is 13.9. The second-order valence-corrected chi connectivity index (χ2v) is 7.94. The van der Waals surface area contributed by atoms with Crippen LogP contribution in [0.1, 0.15) is 48.3 Å². The number of rotatable bonds is 3. The first kappa shape index (κ1) is 14.7. The Morgan fingerprint density at radius 1 is 1.20 bits per heavy atom. The van der Waals surface area contributed by atoms with Crippen LogP contribution in [0.3, 0.4) is 0 Å². The molecule has 0 bridgehead atoms. The van der Waals surface area contributed by atoms with Gasteiger partial charge in [0.05, 0.1) is 10.9 Å². The third kappa shape index (κ3) is 2.85. The Labute approximate surface area is 130 Å². The van der Waals surface area contributed by atoms with E-state index in [1.807, 2.05) is 0 Å². The highest BCUT2D eigenvalue weighted by molar-refractivity contribution is 8.06. The van der Waals surface area contributed by atoms with Crippen molar-refractivity contribution >= 4 is 23.5 Å². The van der Waals surface area contributed by atoms with Gasteiger partial charge in [-0.2, -0.15) is 11.8 Å². The van der Waals surface area contributed by atoms with Crippen LogP contribution in [0, 0.1) is 0 Å². The number of fused-ring (bicyclic) bond motifs is 1. The van der Waals surface area contributed by atoms with E-state index in [1.54, 1.807) is 0 Å². The Bertz CT molecular complexity index is 461. The number of nitrogens with one attached hydrogen (secondary N) is 1. The molecule has 0 aliphatic carbocycles. The number of nitrogens with zero attached hydrogens (tertiary/aromatic N) is 2. The summed E-state index contributed by atoms with van der Waals surface area (Å²) >= 11 is 4.16. The molecule has 110 valence electrons. The van der Waals surface area contributed by atoms with Crippen molar-refractivity contribution in [3.8, 4) is 0 Å². The molecule has 1 saturated heterocycles. The molecule has 2 atom stereocenters. The van der Waals surface area contributed by atoms with Gasteiger partial charge in [-0.3, -0.25) is 0 Å². The summed E-state index contributed by atoms with van der Waals surface area (Å²) in [5.74, 6) is 3.61. The van der Waals surface area contributed by atoms with Crippen LogP contribution in [-0.2, 0) is 19.4 Å². The molecule has 0 spiro atoms. The standard InChI is InChI=1S/C15H23N3S2/c1-3-11-10-9-16-6-5-12(10)18-15(17-11)14-13(4-2)19-7-8-20-14/h13-14,16H,3-9H2,1-2H3. The molecule has 3 rings (SSSR count). The van der Waals surface area contributed by atoms with Crippen molar-refractivity contribution in [2.45, 2.75) is 50.2 Å². The lowest BCUT2D eigenvalue weighted by Crippen LogP contribution is -2.28. The maximum atomic E-state index is 4.96. The Kier molecular flexibility index (Phi) is 4.89. The molecule has 20 heavy (non-hydrogen) atoms. The maximum Gasteiger partial charge on any atom is 0.142 e. The first-order valence-electron chi connectivity index (χ1n) is 7.66. The van der Waals surface area contributed by atoms with Crippen molar-refractivity contribution < 1.29 is 0 Å². The van der Waals surface area contributed by atoms with Gasteiger partial charge in [-0.1, -0.05) is 13.8 Å². The van der Waals surface area contributed by atoms with E-state index >= 15 is 0 Å². The van der Waals surface area contributed by atoms with E-state index in [9.17, 15) is 0 Å². The lowest BCUT2D eigenvalue weighted by atomic mass is 10.0. The van der Waals surface area contributed by atoms with Crippen molar-refractivity contribution in [1.82, 2.24) is 15.3 Å². The van der Waals surface area contributed by atoms with E-state index in [1.165, 1.54) is 34.9 Å². The van der Waals surface area contributed by atoms with Gasteiger partial charge in [0.1, 0.15) is 5.82 Å². The minimum Gasteiger partial charge on any atom is -0.312 e. The van der Waals surface area contributed by atoms with Gasteiger partial charge in [0.15, 0.2) is 0 Å². The summed E-state index contributed by atoms with van der Waals surface area (Å²) in [5, 5.41) is 4.61. The molecule has 5 heteroatoms. The van der Waals surface area contributed by atoms with Gasteiger partial charge in [0, 0.05) is 47.5 Å². The number of thioether (sulfide) groups is 2. The van der Waals surface area contributed by atoms with Gasteiger partial charge < -0.3 is 5.32 Å². The fourth-order valence-electron chi connectivity index (χ4n) is 3.00. The minimum absolute atomic E-state index is 0.490. The molecule has 1 fully saturated rings. The van der Waals surface area contributed by atoms with Gasteiger partial charge in [-0.05, 0) is 12.8 Å². The Morgan fingerprint density at radius 3 is 2.85 bits per heavy atom. The summed E-state index contributed by atoms with van der Waals surface area (Å²) in [7, 11) is 0. The Balaban J connectivity index is 1.96. The molecule has 0 aromatic carbocycles. The van der Waals surface area contributed by atoms with E-state index in [2.05, 4.69) is 42.7 Å². The van der Waals surface area contributed by atoms with Crippen LogP contribution in [0.5, 0.6) is 0 Å².